The maximum absolute atomic E-state index is 5.83. The highest BCUT2D eigenvalue weighted by atomic mass is 127. The van der Waals surface area contributed by atoms with Gasteiger partial charge in [0.2, 0.25) is 0 Å². The molecule has 2 N–H and O–H groups in total. The van der Waals surface area contributed by atoms with Gasteiger partial charge in [-0.05, 0) is 43.9 Å². The Labute approximate surface area is 207 Å². The van der Waals surface area contributed by atoms with E-state index in [1.807, 2.05) is 30.7 Å². The molecule has 178 valence electrons. The first-order chi connectivity index (χ1) is 15.2. The van der Waals surface area contributed by atoms with E-state index < -0.39 is 0 Å². The molecular formula is C22H35IN6O3. The standard InChI is InChI=1S/C22H34N6O3.HI/c1-17-26-27-21(28(17)2)15-25-22(23-11-4-13-31-20-10-14-30-16-20)24-12-9-18-5-7-19(29-3)8-6-18;/h5-8,20H,4,9-16H2,1-3H3,(H2,23,24,25);1H. The average Bonchev–Trinajstić information content (AvgIpc) is 3.42. The predicted octanol–water partition coefficient (Wildman–Crippen LogP) is 2.22. The number of benzene rings is 1. The van der Waals surface area contributed by atoms with Crippen LogP contribution in [0.5, 0.6) is 5.75 Å². The highest BCUT2D eigenvalue weighted by molar-refractivity contribution is 14.0. The molecule has 3 rings (SSSR count). The van der Waals surface area contributed by atoms with Crippen LogP contribution in [0.15, 0.2) is 29.3 Å². The monoisotopic (exact) mass is 558 g/mol. The number of nitrogens with zero attached hydrogens (tertiary/aromatic N) is 4. The molecule has 1 atom stereocenters. The largest absolute Gasteiger partial charge is 0.497 e. The Morgan fingerprint density at radius 3 is 2.66 bits per heavy atom. The molecule has 1 aliphatic rings. The summed E-state index contributed by atoms with van der Waals surface area (Å²) < 4.78 is 18.3. The molecule has 32 heavy (non-hydrogen) atoms. The molecule has 0 spiro atoms. The van der Waals surface area contributed by atoms with Crippen molar-refractivity contribution in [1.29, 1.82) is 0 Å². The maximum Gasteiger partial charge on any atom is 0.191 e. The Hall–Kier alpha value is -1.92. The molecule has 9 nitrogen and oxygen atoms in total. The minimum Gasteiger partial charge on any atom is -0.497 e. The molecule has 1 unspecified atom stereocenters. The highest BCUT2D eigenvalue weighted by Crippen LogP contribution is 2.11. The van der Waals surface area contributed by atoms with E-state index in [2.05, 4.69) is 33.0 Å². The fourth-order valence-corrected chi connectivity index (χ4v) is 3.20. The fourth-order valence-electron chi connectivity index (χ4n) is 3.20. The van der Waals surface area contributed by atoms with Crippen molar-refractivity contribution in [2.45, 2.75) is 38.8 Å². The second-order valence-electron chi connectivity index (χ2n) is 7.55. The third kappa shape index (κ3) is 8.55. The lowest BCUT2D eigenvalue weighted by Gasteiger charge is -2.14. The molecule has 0 saturated carbocycles. The first-order valence-corrected chi connectivity index (χ1v) is 10.8. The van der Waals surface area contributed by atoms with Crippen molar-refractivity contribution in [2.24, 2.45) is 12.0 Å². The molecule has 0 amide bonds. The lowest BCUT2D eigenvalue weighted by atomic mass is 10.1. The second-order valence-corrected chi connectivity index (χ2v) is 7.55. The van der Waals surface area contributed by atoms with Crippen LogP contribution in [0.4, 0.5) is 0 Å². The molecule has 2 heterocycles. The van der Waals surface area contributed by atoms with E-state index in [-0.39, 0.29) is 30.1 Å². The zero-order valence-electron chi connectivity index (χ0n) is 19.2. The number of aryl methyl sites for hydroxylation is 1. The van der Waals surface area contributed by atoms with E-state index in [4.69, 9.17) is 19.2 Å². The Bertz CT molecular complexity index is 822. The van der Waals surface area contributed by atoms with Gasteiger partial charge in [0.25, 0.3) is 0 Å². The van der Waals surface area contributed by atoms with Crippen molar-refractivity contribution in [3.63, 3.8) is 0 Å². The lowest BCUT2D eigenvalue weighted by Crippen LogP contribution is -2.39. The summed E-state index contributed by atoms with van der Waals surface area (Å²) in [5.41, 5.74) is 1.24. The molecule has 1 aromatic heterocycles. The van der Waals surface area contributed by atoms with E-state index in [1.54, 1.807) is 7.11 Å². The summed E-state index contributed by atoms with van der Waals surface area (Å²) in [5, 5.41) is 15.1. The Morgan fingerprint density at radius 2 is 2.00 bits per heavy atom. The molecule has 0 bridgehead atoms. The van der Waals surface area contributed by atoms with Crippen LogP contribution >= 0.6 is 24.0 Å². The third-order valence-electron chi connectivity index (χ3n) is 5.28. The zero-order valence-corrected chi connectivity index (χ0v) is 21.5. The summed E-state index contributed by atoms with van der Waals surface area (Å²) in [6, 6.07) is 8.12. The molecule has 1 aliphatic heterocycles. The zero-order chi connectivity index (χ0) is 21.9. The van der Waals surface area contributed by atoms with Crippen molar-refractivity contribution in [1.82, 2.24) is 25.4 Å². The summed E-state index contributed by atoms with van der Waals surface area (Å²) in [6.07, 6.45) is 3.02. The summed E-state index contributed by atoms with van der Waals surface area (Å²) >= 11 is 0. The van der Waals surface area contributed by atoms with Gasteiger partial charge in [0, 0.05) is 33.4 Å². The van der Waals surface area contributed by atoms with Gasteiger partial charge in [0.1, 0.15) is 18.1 Å². The normalized spacial score (nSPS) is 16.0. The molecule has 1 fully saturated rings. The number of aliphatic imine (C=N–C) groups is 1. The van der Waals surface area contributed by atoms with Crippen molar-refractivity contribution in [3.05, 3.63) is 41.5 Å². The third-order valence-corrected chi connectivity index (χ3v) is 5.28. The van der Waals surface area contributed by atoms with Crippen molar-refractivity contribution >= 4 is 29.9 Å². The Morgan fingerprint density at radius 1 is 1.22 bits per heavy atom. The van der Waals surface area contributed by atoms with Gasteiger partial charge in [-0.3, -0.25) is 0 Å². The SMILES string of the molecule is COc1ccc(CCNC(=NCc2nnc(C)n2C)NCCCOC2CCOC2)cc1.I. The van der Waals surface area contributed by atoms with Crippen LogP contribution in [0.2, 0.25) is 0 Å². The van der Waals surface area contributed by atoms with Crippen LogP contribution in [0.25, 0.3) is 0 Å². The van der Waals surface area contributed by atoms with Gasteiger partial charge in [-0.2, -0.15) is 0 Å². The lowest BCUT2D eigenvalue weighted by molar-refractivity contribution is 0.0420. The summed E-state index contributed by atoms with van der Waals surface area (Å²) in [7, 11) is 3.63. The summed E-state index contributed by atoms with van der Waals surface area (Å²) in [6.45, 7) is 6.17. The van der Waals surface area contributed by atoms with Crippen LogP contribution in [-0.2, 0) is 29.5 Å². The average molecular weight is 558 g/mol. The van der Waals surface area contributed by atoms with Gasteiger partial charge in [-0.1, -0.05) is 12.1 Å². The van der Waals surface area contributed by atoms with Crippen LogP contribution in [0.3, 0.4) is 0 Å². The number of methoxy groups -OCH3 is 1. The number of halogens is 1. The molecule has 0 radical (unpaired) electrons. The number of aromatic nitrogens is 3. The number of guanidine groups is 1. The van der Waals surface area contributed by atoms with E-state index in [0.29, 0.717) is 19.8 Å². The highest BCUT2D eigenvalue weighted by Gasteiger charge is 2.15. The van der Waals surface area contributed by atoms with E-state index in [0.717, 1.165) is 62.3 Å². The molecular weight excluding hydrogens is 523 g/mol. The second kappa shape index (κ2) is 14.3. The van der Waals surface area contributed by atoms with Crippen molar-refractivity contribution in [2.75, 3.05) is 40.0 Å². The number of rotatable bonds is 11. The minimum atomic E-state index is 0. The van der Waals surface area contributed by atoms with Crippen LogP contribution in [0.1, 0.15) is 30.1 Å². The van der Waals surface area contributed by atoms with Crippen LogP contribution < -0.4 is 15.4 Å². The quantitative estimate of drug-likeness (QED) is 0.189. The van der Waals surface area contributed by atoms with Gasteiger partial charge in [0.15, 0.2) is 11.8 Å². The molecule has 10 heteroatoms. The number of ether oxygens (including phenoxy) is 3. The molecule has 0 aliphatic carbocycles. The van der Waals surface area contributed by atoms with Crippen LogP contribution in [-0.4, -0.2) is 66.8 Å². The topological polar surface area (TPSA) is 94.8 Å². The predicted molar refractivity (Wildman–Crippen MR) is 135 cm³/mol. The van der Waals surface area contributed by atoms with E-state index in [9.17, 15) is 0 Å². The number of hydrogen-bond acceptors (Lipinski definition) is 6. The first-order valence-electron chi connectivity index (χ1n) is 10.8. The first kappa shape index (κ1) is 26.3. The Balaban J connectivity index is 0.00000363. The molecule has 1 saturated heterocycles. The van der Waals surface area contributed by atoms with Gasteiger partial charge in [-0.25, -0.2) is 4.99 Å². The van der Waals surface area contributed by atoms with Crippen LogP contribution in [0, 0.1) is 6.92 Å². The summed E-state index contributed by atoms with van der Waals surface area (Å²) in [4.78, 5) is 4.69. The van der Waals surface area contributed by atoms with Crippen molar-refractivity contribution < 1.29 is 14.2 Å². The molecule has 2 aromatic rings. The van der Waals surface area contributed by atoms with Gasteiger partial charge < -0.3 is 29.4 Å². The maximum atomic E-state index is 5.83. The molecule has 1 aromatic carbocycles. The van der Waals surface area contributed by atoms with E-state index >= 15 is 0 Å². The van der Waals surface area contributed by atoms with E-state index in [1.165, 1.54) is 5.56 Å². The van der Waals surface area contributed by atoms with Crippen molar-refractivity contribution in [3.8, 4) is 5.75 Å². The summed E-state index contributed by atoms with van der Waals surface area (Å²) in [5.74, 6) is 3.34. The smallest absolute Gasteiger partial charge is 0.191 e. The van der Waals surface area contributed by atoms with Gasteiger partial charge in [-0.15, -0.1) is 34.2 Å². The van der Waals surface area contributed by atoms with Gasteiger partial charge in [0.05, 0.1) is 19.8 Å². The Kier molecular flexibility index (Phi) is 11.7. The number of hydrogen-bond donors (Lipinski definition) is 2. The fraction of sp³-hybridized carbons (Fsp3) is 0.591. The van der Waals surface area contributed by atoms with Gasteiger partial charge >= 0.3 is 0 Å². The minimum absolute atomic E-state index is 0. The number of nitrogens with one attached hydrogen (secondary N) is 2.